The van der Waals surface area contributed by atoms with Crippen LogP contribution in [0.2, 0.25) is 0 Å². The van der Waals surface area contributed by atoms with E-state index in [4.69, 9.17) is 19.0 Å². The number of aromatic nitrogens is 2. The zero-order chi connectivity index (χ0) is 25.3. The molecule has 2 heterocycles. The maximum atomic E-state index is 10.7. The van der Waals surface area contributed by atoms with Crippen LogP contribution < -0.4 is 9.47 Å². The lowest BCUT2D eigenvalue weighted by molar-refractivity contribution is 0.0941. The number of allylic oxidation sites excluding steroid dienone is 1. The molecular weight excluding hydrogens is 454 g/mol. The monoisotopic (exact) mass is 487 g/mol. The largest absolute Gasteiger partial charge is 0.497 e. The average Bonchev–Trinajstić information content (AvgIpc) is 3.51. The number of aryl methyl sites for hydroxylation is 1. The number of hydrogen-bond acceptors (Lipinski definition) is 6. The van der Waals surface area contributed by atoms with Crippen molar-refractivity contribution in [3.8, 4) is 28.6 Å². The minimum Gasteiger partial charge on any atom is -0.497 e. The first-order valence-corrected chi connectivity index (χ1v) is 12.0. The topological polar surface area (TPSA) is 72.9 Å². The molecule has 2 aromatic carbocycles. The van der Waals surface area contributed by atoms with Gasteiger partial charge >= 0.3 is 0 Å². The van der Waals surface area contributed by atoms with Crippen LogP contribution >= 0.6 is 0 Å². The molecule has 1 atom stereocenters. The van der Waals surface area contributed by atoms with Gasteiger partial charge in [0.25, 0.3) is 0 Å². The molecule has 7 nitrogen and oxygen atoms in total. The van der Waals surface area contributed by atoms with Gasteiger partial charge in [-0.1, -0.05) is 42.5 Å². The number of rotatable bonds is 13. The number of aliphatic hydroxyl groups excluding tert-OH is 1. The normalized spacial score (nSPS) is 12.0. The summed E-state index contributed by atoms with van der Waals surface area (Å²) in [5, 5.41) is 15.6. The van der Waals surface area contributed by atoms with Gasteiger partial charge in [0.15, 0.2) is 0 Å². The molecule has 0 aliphatic carbocycles. The highest BCUT2D eigenvalue weighted by molar-refractivity contribution is 5.65. The van der Waals surface area contributed by atoms with Gasteiger partial charge in [-0.2, -0.15) is 5.10 Å². The van der Waals surface area contributed by atoms with Crippen molar-refractivity contribution in [2.45, 2.75) is 32.0 Å². The van der Waals surface area contributed by atoms with Crippen molar-refractivity contribution in [1.82, 2.24) is 14.7 Å². The lowest BCUT2D eigenvalue weighted by atomic mass is 10.1. The highest BCUT2D eigenvalue weighted by Crippen LogP contribution is 2.35. The average molecular weight is 488 g/mol. The summed E-state index contributed by atoms with van der Waals surface area (Å²) in [5.74, 6) is 2.82. The summed E-state index contributed by atoms with van der Waals surface area (Å²) < 4.78 is 19.1. The van der Waals surface area contributed by atoms with Gasteiger partial charge in [0, 0.05) is 31.8 Å². The number of aliphatic hydroxyl groups is 1. The SMILES string of the molecule is C=CCCC(O)CN(Cc1ccco1)Cc1c(-c2ccccc2)nn(C)c1Oc1cccc(OC)c1. The Morgan fingerprint density at radius 3 is 2.61 bits per heavy atom. The first-order chi connectivity index (χ1) is 17.6. The zero-order valence-corrected chi connectivity index (χ0v) is 20.8. The molecule has 0 amide bonds. The van der Waals surface area contributed by atoms with Crippen LogP contribution in [0.5, 0.6) is 17.4 Å². The molecule has 0 radical (unpaired) electrons. The van der Waals surface area contributed by atoms with E-state index < -0.39 is 6.10 Å². The summed E-state index contributed by atoms with van der Waals surface area (Å²) in [6, 6.07) is 21.4. The Labute approximate surface area is 212 Å². The molecule has 4 rings (SSSR count). The minimum atomic E-state index is -0.502. The summed E-state index contributed by atoms with van der Waals surface area (Å²) in [7, 11) is 3.51. The highest BCUT2D eigenvalue weighted by atomic mass is 16.5. The molecule has 36 heavy (non-hydrogen) atoms. The van der Waals surface area contributed by atoms with Crippen LogP contribution in [-0.4, -0.2) is 39.5 Å². The number of hydrogen-bond donors (Lipinski definition) is 1. The van der Waals surface area contributed by atoms with E-state index in [9.17, 15) is 5.11 Å². The van der Waals surface area contributed by atoms with Gasteiger partial charge in [-0.15, -0.1) is 6.58 Å². The third-order valence-corrected chi connectivity index (χ3v) is 5.91. The fourth-order valence-electron chi connectivity index (χ4n) is 4.16. The van der Waals surface area contributed by atoms with Crippen LogP contribution in [0.25, 0.3) is 11.3 Å². The third kappa shape index (κ3) is 6.44. The van der Waals surface area contributed by atoms with Crippen molar-refractivity contribution in [2.24, 2.45) is 7.05 Å². The van der Waals surface area contributed by atoms with Crippen LogP contribution in [0.4, 0.5) is 0 Å². The van der Waals surface area contributed by atoms with Crippen LogP contribution in [0, 0.1) is 0 Å². The van der Waals surface area contributed by atoms with Crippen molar-refractivity contribution in [1.29, 1.82) is 0 Å². The number of furan rings is 1. The second-order valence-corrected chi connectivity index (χ2v) is 8.67. The van der Waals surface area contributed by atoms with Crippen LogP contribution in [0.15, 0.2) is 90.1 Å². The van der Waals surface area contributed by atoms with E-state index in [1.807, 2.05) is 79.9 Å². The Kier molecular flexibility index (Phi) is 8.60. The molecule has 0 aliphatic rings. The highest BCUT2D eigenvalue weighted by Gasteiger charge is 2.24. The molecule has 0 fully saturated rings. The van der Waals surface area contributed by atoms with Crippen LogP contribution in [0.1, 0.15) is 24.2 Å². The summed E-state index contributed by atoms with van der Waals surface area (Å²) in [6.45, 7) is 5.29. The van der Waals surface area contributed by atoms with Gasteiger partial charge in [0.05, 0.1) is 31.6 Å². The summed E-state index contributed by atoms with van der Waals surface area (Å²) >= 11 is 0. The van der Waals surface area contributed by atoms with E-state index in [2.05, 4.69) is 11.5 Å². The smallest absolute Gasteiger partial charge is 0.222 e. The Balaban J connectivity index is 1.71. The number of nitrogens with zero attached hydrogens (tertiary/aromatic N) is 3. The summed E-state index contributed by atoms with van der Waals surface area (Å²) in [6.07, 6.45) is 4.39. The second kappa shape index (κ2) is 12.2. The van der Waals surface area contributed by atoms with E-state index in [1.165, 1.54) is 0 Å². The molecule has 0 aliphatic heterocycles. The van der Waals surface area contributed by atoms with Crippen molar-refractivity contribution >= 4 is 0 Å². The number of ether oxygens (including phenoxy) is 2. The van der Waals surface area contributed by atoms with Gasteiger partial charge < -0.3 is 19.0 Å². The van der Waals surface area contributed by atoms with Crippen molar-refractivity contribution in [3.63, 3.8) is 0 Å². The van der Waals surface area contributed by atoms with E-state index in [1.54, 1.807) is 18.1 Å². The predicted octanol–water partition coefficient (Wildman–Crippen LogP) is 5.81. The molecule has 1 unspecified atom stereocenters. The second-order valence-electron chi connectivity index (χ2n) is 8.67. The lowest BCUT2D eigenvalue weighted by Gasteiger charge is -2.24. The maximum Gasteiger partial charge on any atom is 0.222 e. The number of benzene rings is 2. The molecule has 188 valence electrons. The predicted molar refractivity (Wildman–Crippen MR) is 140 cm³/mol. The standard InChI is InChI=1S/C29H33N3O4/c1-4-5-13-23(33)19-32(20-26-16-10-17-35-26)21-27-28(22-11-7-6-8-12-22)30-31(2)29(27)36-25-15-9-14-24(18-25)34-3/h4,6-12,14-18,23,33H,1,5,13,19-21H2,2-3H3. The Morgan fingerprint density at radius 2 is 1.89 bits per heavy atom. The van der Waals surface area contributed by atoms with Crippen molar-refractivity contribution < 1.29 is 19.0 Å². The summed E-state index contributed by atoms with van der Waals surface area (Å²) in [5.41, 5.74) is 2.75. The molecular formula is C29H33N3O4. The zero-order valence-electron chi connectivity index (χ0n) is 20.8. The Morgan fingerprint density at radius 1 is 1.08 bits per heavy atom. The van der Waals surface area contributed by atoms with Crippen LogP contribution in [0.3, 0.4) is 0 Å². The molecule has 7 heteroatoms. The Hall–Kier alpha value is -3.81. The number of methoxy groups -OCH3 is 1. The first kappa shape index (κ1) is 25.3. The molecule has 4 aromatic rings. The quantitative estimate of drug-likeness (QED) is 0.240. The van der Waals surface area contributed by atoms with Gasteiger partial charge in [-0.05, 0) is 37.1 Å². The van der Waals surface area contributed by atoms with Gasteiger partial charge in [0.2, 0.25) is 5.88 Å². The van der Waals surface area contributed by atoms with Gasteiger partial charge in [-0.25, -0.2) is 4.68 Å². The molecule has 2 aromatic heterocycles. The summed E-state index contributed by atoms with van der Waals surface area (Å²) in [4.78, 5) is 2.16. The fraction of sp³-hybridized carbons (Fsp3) is 0.276. The van der Waals surface area contributed by atoms with Gasteiger partial charge in [-0.3, -0.25) is 4.90 Å². The fourth-order valence-corrected chi connectivity index (χ4v) is 4.16. The molecule has 0 spiro atoms. The third-order valence-electron chi connectivity index (χ3n) is 5.91. The van der Waals surface area contributed by atoms with E-state index in [0.29, 0.717) is 43.4 Å². The Bertz CT molecular complexity index is 1230. The molecule has 1 N–H and O–H groups in total. The first-order valence-electron chi connectivity index (χ1n) is 12.0. The minimum absolute atomic E-state index is 0.469. The van der Waals surface area contributed by atoms with Crippen LogP contribution in [-0.2, 0) is 20.1 Å². The molecule has 0 saturated heterocycles. The van der Waals surface area contributed by atoms with Gasteiger partial charge in [0.1, 0.15) is 23.0 Å². The van der Waals surface area contributed by atoms with Crippen molar-refractivity contribution in [3.05, 3.63) is 97.0 Å². The van der Waals surface area contributed by atoms with E-state index >= 15 is 0 Å². The van der Waals surface area contributed by atoms with Crippen molar-refractivity contribution in [2.75, 3.05) is 13.7 Å². The molecule has 0 saturated carbocycles. The van der Waals surface area contributed by atoms with E-state index in [-0.39, 0.29) is 0 Å². The maximum absolute atomic E-state index is 10.7. The lowest BCUT2D eigenvalue weighted by Crippen LogP contribution is -2.31. The molecule has 0 bridgehead atoms. The van der Waals surface area contributed by atoms with E-state index in [0.717, 1.165) is 29.0 Å².